The molecule has 1 amide bonds. The Hall–Kier alpha value is -4.63. The zero-order chi connectivity index (χ0) is 25.9. The van der Waals surface area contributed by atoms with Gasteiger partial charge in [0, 0.05) is 35.5 Å². The van der Waals surface area contributed by atoms with Gasteiger partial charge < -0.3 is 14.6 Å². The van der Waals surface area contributed by atoms with Crippen molar-refractivity contribution in [3.8, 4) is 17.1 Å². The molecule has 1 aliphatic heterocycles. The number of likely N-dealkylation sites (tertiary alicyclic amines) is 1. The van der Waals surface area contributed by atoms with Crippen molar-refractivity contribution in [2.75, 3.05) is 19.0 Å². The largest absolute Gasteiger partial charge is 0.497 e. The first kappa shape index (κ1) is 23.7. The molecule has 1 N–H and O–H groups in total. The molecule has 1 fully saturated rings. The van der Waals surface area contributed by atoms with Gasteiger partial charge in [0.1, 0.15) is 11.6 Å². The number of carbonyl (C=O) groups is 1. The molecule has 6 rings (SSSR count). The third kappa shape index (κ3) is 4.96. The second-order valence-electron chi connectivity index (χ2n) is 9.24. The molecule has 1 atom stereocenters. The number of aromatic nitrogens is 4. The van der Waals surface area contributed by atoms with Crippen LogP contribution in [-0.2, 0) is 6.54 Å². The van der Waals surface area contributed by atoms with Gasteiger partial charge in [-0.2, -0.15) is 4.98 Å². The SMILES string of the molecule is COc1ccc(C(=O)Nc2ccc(-c3noc([C@@H]4CCCN4Cc4cnc5ccccc5c4)n3)cn2)cc1. The Morgan fingerprint density at radius 1 is 1.08 bits per heavy atom. The van der Waals surface area contributed by atoms with Gasteiger partial charge in [-0.1, -0.05) is 23.4 Å². The van der Waals surface area contributed by atoms with Crippen LogP contribution in [0.25, 0.3) is 22.3 Å². The minimum atomic E-state index is -0.252. The summed E-state index contributed by atoms with van der Waals surface area (Å²) >= 11 is 0. The van der Waals surface area contributed by atoms with Crippen molar-refractivity contribution in [2.24, 2.45) is 0 Å². The molecule has 0 spiro atoms. The zero-order valence-corrected chi connectivity index (χ0v) is 20.9. The summed E-state index contributed by atoms with van der Waals surface area (Å²) in [5.74, 6) is 1.94. The topological polar surface area (TPSA) is 106 Å². The lowest BCUT2D eigenvalue weighted by Gasteiger charge is -2.21. The Bertz CT molecular complexity index is 1570. The fourth-order valence-corrected chi connectivity index (χ4v) is 4.75. The third-order valence-electron chi connectivity index (χ3n) is 6.74. The van der Waals surface area contributed by atoms with E-state index < -0.39 is 0 Å². The number of amides is 1. The van der Waals surface area contributed by atoms with Crippen LogP contribution < -0.4 is 10.1 Å². The molecular formula is C29H26N6O3. The van der Waals surface area contributed by atoms with Gasteiger partial charge in [-0.15, -0.1) is 0 Å². The first-order valence-electron chi connectivity index (χ1n) is 12.5. The van der Waals surface area contributed by atoms with Gasteiger partial charge in [0.05, 0.1) is 18.7 Å². The summed E-state index contributed by atoms with van der Waals surface area (Å²) in [6, 6.07) is 20.8. The van der Waals surface area contributed by atoms with E-state index in [-0.39, 0.29) is 11.9 Å². The quantitative estimate of drug-likeness (QED) is 0.318. The van der Waals surface area contributed by atoms with E-state index in [2.05, 4.69) is 42.5 Å². The fraction of sp³-hybridized carbons (Fsp3) is 0.207. The molecule has 0 radical (unpaired) electrons. The molecule has 9 heteroatoms. The highest BCUT2D eigenvalue weighted by atomic mass is 16.5. The molecule has 0 unspecified atom stereocenters. The normalized spacial score (nSPS) is 15.6. The maximum Gasteiger partial charge on any atom is 0.256 e. The number of ether oxygens (including phenoxy) is 1. The summed E-state index contributed by atoms with van der Waals surface area (Å²) in [5, 5.41) is 8.14. The molecule has 3 aromatic heterocycles. The van der Waals surface area contributed by atoms with Crippen molar-refractivity contribution < 1.29 is 14.1 Å². The number of benzene rings is 2. The van der Waals surface area contributed by atoms with Gasteiger partial charge in [0.15, 0.2) is 0 Å². The van der Waals surface area contributed by atoms with Crippen molar-refractivity contribution >= 4 is 22.6 Å². The summed E-state index contributed by atoms with van der Waals surface area (Å²) in [6.07, 6.45) is 5.59. The van der Waals surface area contributed by atoms with E-state index in [0.717, 1.165) is 42.4 Å². The number of anilines is 1. The average molecular weight is 507 g/mol. The lowest BCUT2D eigenvalue weighted by Crippen LogP contribution is -2.23. The third-order valence-corrected chi connectivity index (χ3v) is 6.74. The second-order valence-corrected chi connectivity index (χ2v) is 9.24. The molecular weight excluding hydrogens is 480 g/mol. The average Bonchev–Trinajstić information content (AvgIpc) is 3.63. The second kappa shape index (κ2) is 10.4. The number of rotatable bonds is 7. The molecule has 1 aliphatic rings. The van der Waals surface area contributed by atoms with E-state index in [4.69, 9.17) is 9.26 Å². The lowest BCUT2D eigenvalue weighted by atomic mass is 10.1. The van der Waals surface area contributed by atoms with E-state index >= 15 is 0 Å². The monoisotopic (exact) mass is 506 g/mol. The van der Waals surface area contributed by atoms with Crippen LogP contribution in [0.4, 0.5) is 5.82 Å². The fourth-order valence-electron chi connectivity index (χ4n) is 4.75. The van der Waals surface area contributed by atoms with Crippen molar-refractivity contribution in [2.45, 2.75) is 25.4 Å². The van der Waals surface area contributed by atoms with E-state index in [1.54, 1.807) is 43.6 Å². The Balaban J connectivity index is 1.12. The summed E-state index contributed by atoms with van der Waals surface area (Å²) in [7, 11) is 1.58. The summed E-state index contributed by atoms with van der Waals surface area (Å²) in [4.78, 5) is 28.5. The zero-order valence-electron chi connectivity index (χ0n) is 20.9. The van der Waals surface area contributed by atoms with Gasteiger partial charge in [-0.05, 0) is 73.5 Å². The highest BCUT2D eigenvalue weighted by molar-refractivity contribution is 6.03. The number of hydrogen-bond acceptors (Lipinski definition) is 8. The van der Waals surface area contributed by atoms with Gasteiger partial charge >= 0.3 is 0 Å². The summed E-state index contributed by atoms with van der Waals surface area (Å²) < 4.78 is 10.8. The number of nitrogens with zero attached hydrogens (tertiary/aromatic N) is 5. The minimum absolute atomic E-state index is 0.0544. The maximum atomic E-state index is 12.5. The van der Waals surface area contributed by atoms with Crippen molar-refractivity contribution in [3.05, 3.63) is 96.1 Å². The van der Waals surface area contributed by atoms with Crippen LogP contribution in [0.5, 0.6) is 5.75 Å². The van der Waals surface area contributed by atoms with E-state index in [0.29, 0.717) is 34.4 Å². The number of fused-ring (bicyclic) bond motifs is 1. The van der Waals surface area contributed by atoms with Gasteiger partial charge in [0.2, 0.25) is 11.7 Å². The maximum absolute atomic E-state index is 12.5. The highest BCUT2D eigenvalue weighted by Gasteiger charge is 2.31. The van der Waals surface area contributed by atoms with Crippen LogP contribution in [0.3, 0.4) is 0 Å². The number of methoxy groups -OCH3 is 1. The molecule has 2 aromatic carbocycles. The number of nitrogens with one attached hydrogen (secondary N) is 1. The van der Waals surface area contributed by atoms with Crippen molar-refractivity contribution in [1.82, 2.24) is 25.0 Å². The van der Waals surface area contributed by atoms with Gasteiger partial charge in [0.25, 0.3) is 5.91 Å². The van der Waals surface area contributed by atoms with Crippen LogP contribution in [-0.4, -0.2) is 44.6 Å². The standard InChI is InChI=1S/C29H26N6O3/c1-37-23-11-8-20(9-12-23)28(36)32-26-13-10-22(17-31-26)27-33-29(38-34-27)25-7-4-14-35(25)18-19-15-21-5-2-3-6-24(21)30-16-19/h2-3,5-6,8-13,15-17,25H,4,7,14,18H2,1H3,(H,31,32,36)/t25-/m0/s1. The van der Waals surface area contributed by atoms with Crippen LogP contribution in [0.1, 0.15) is 40.7 Å². The summed E-state index contributed by atoms with van der Waals surface area (Å²) in [5.41, 5.74) is 3.38. The number of hydrogen-bond donors (Lipinski definition) is 1. The number of para-hydroxylation sites is 1. The molecule has 1 saturated heterocycles. The molecule has 0 bridgehead atoms. The Morgan fingerprint density at radius 3 is 2.76 bits per heavy atom. The molecule has 5 aromatic rings. The molecule has 0 aliphatic carbocycles. The molecule has 190 valence electrons. The first-order chi connectivity index (χ1) is 18.7. The Kier molecular flexibility index (Phi) is 6.49. The highest BCUT2D eigenvalue weighted by Crippen LogP contribution is 2.33. The van der Waals surface area contributed by atoms with Gasteiger partial charge in [-0.3, -0.25) is 14.7 Å². The molecule has 0 saturated carbocycles. The minimum Gasteiger partial charge on any atom is -0.497 e. The summed E-state index contributed by atoms with van der Waals surface area (Å²) in [6.45, 7) is 1.73. The van der Waals surface area contributed by atoms with E-state index in [9.17, 15) is 4.79 Å². The molecule has 4 heterocycles. The van der Waals surface area contributed by atoms with Crippen LogP contribution in [0.2, 0.25) is 0 Å². The predicted octanol–water partition coefficient (Wildman–Crippen LogP) is 5.28. The number of carbonyl (C=O) groups excluding carboxylic acids is 1. The lowest BCUT2D eigenvalue weighted by molar-refractivity contribution is 0.102. The molecule has 9 nitrogen and oxygen atoms in total. The van der Waals surface area contributed by atoms with Crippen molar-refractivity contribution in [3.63, 3.8) is 0 Å². The Morgan fingerprint density at radius 2 is 1.95 bits per heavy atom. The van der Waals surface area contributed by atoms with Crippen LogP contribution >= 0.6 is 0 Å². The van der Waals surface area contributed by atoms with E-state index in [1.165, 1.54) is 0 Å². The van der Waals surface area contributed by atoms with E-state index in [1.807, 2.05) is 30.5 Å². The smallest absolute Gasteiger partial charge is 0.256 e. The van der Waals surface area contributed by atoms with Gasteiger partial charge in [-0.25, -0.2) is 4.98 Å². The van der Waals surface area contributed by atoms with Crippen LogP contribution in [0, 0.1) is 0 Å². The number of pyridine rings is 2. The predicted molar refractivity (Wildman–Crippen MR) is 143 cm³/mol. The Labute approximate surface area is 219 Å². The van der Waals surface area contributed by atoms with Crippen LogP contribution in [0.15, 0.2) is 83.6 Å². The first-order valence-corrected chi connectivity index (χ1v) is 12.5. The van der Waals surface area contributed by atoms with Crippen molar-refractivity contribution in [1.29, 1.82) is 0 Å². The molecule has 38 heavy (non-hydrogen) atoms.